The molecule has 0 spiro atoms. The molecule has 2 aliphatic heterocycles. The van der Waals surface area contributed by atoms with Crippen LogP contribution < -0.4 is 4.90 Å². The molecule has 3 heterocycles. The molecule has 0 unspecified atom stereocenters. The van der Waals surface area contributed by atoms with E-state index in [1.165, 1.54) is 7.11 Å². The topological polar surface area (TPSA) is 79.1 Å². The van der Waals surface area contributed by atoms with Crippen molar-refractivity contribution in [1.82, 2.24) is 15.0 Å². The second-order valence-electron chi connectivity index (χ2n) is 8.65. The van der Waals surface area contributed by atoms with Gasteiger partial charge in [-0.25, -0.2) is 4.79 Å². The van der Waals surface area contributed by atoms with Crippen LogP contribution in [0, 0.1) is 11.3 Å². The number of nitrogens with zero attached hydrogens (tertiary/aromatic N) is 4. The fourth-order valence-electron chi connectivity index (χ4n) is 5.00. The molecule has 2 aromatic rings. The average Bonchev–Trinajstić information content (AvgIpc) is 3.37. The molecular weight excluding hydrogens is 384 g/mol. The number of carbonyl (C=O) groups excluding carboxylic acids is 2. The Morgan fingerprint density at radius 1 is 1.23 bits per heavy atom. The van der Waals surface area contributed by atoms with Gasteiger partial charge in [-0.15, -0.1) is 0 Å². The second kappa shape index (κ2) is 7.75. The van der Waals surface area contributed by atoms with Crippen molar-refractivity contribution in [2.75, 3.05) is 58.8 Å². The maximum Gasteiger partial charge on any atom is 0.345 e. The number of benzene rings is 1. The molecule has 2 aliphatic rings. The van der Waals surface area contributed by atoms with E-state index in [1.54, 1.807) is 6.92 Å². The smallest absolute Gasteiger partial charge is 0.345 e. The van der Waals surface area contributed by atoms with Crippen molar-refractivity contribution in [1.29, 1.82) is 0 Å². The third-order valence-electron chi connectivity index (χ3n) is 6.23. The molecule has 1 aromatic heterocycles. The van der Waals surface area contributed by atoms with Crippen LogP contribution in [-0.4, -0.2) is 80.8 Å². The van der Waals surface area contributed by atoms with Crippen LogP contribution in [0.3, 0.4) is 0 Å². The first-order valence-electron chi connectivity index (χ1n) is 10.1. The highest BCUT2D eigenvalue weighted by Crippen LogP contribution is 2.45. The van der Waals surface area contributed by atoms with Gasteiger partial charge in [0.25, 0.3) is 0 Å². The van der Waals surface area contributed by atoms with Crippen molar-refractivity contribution in [2.45, 2.75) is 6.92 Å². The van der Waals surface area contributed by atoms with Crippen molar-refractivity contribution in [2.24, 2.45) is 11.3 Å². The average molecular weight is 412 g/mol. The van der Waals surface area contributed by atoms with Gasteiger partial charge in [-0.2, -0.15) is 0 Å². The van der Waals surface area contributed by atoms with Gasteiger partial charge in [0.15, 0.2) is 17.1 Å². The molecule has 0 aliphatic carbocycles. The Balaban J connectivity index is 1.70. The van der Waals surface area contributed by atoms with E-state index in [0.717, 1.165) is 18.7 Å². The summed E-state index contributed by atoms with van der Waals surface area (Å²) in [7, 11) is 5.47. The lowest BCUT2D eigenvalue weighted by Crippen LogP contribution is -2.42. The molecule has 2 fully saturated rings. The van der Waals surface area contributed by atoms with Crippen LogP contribution in [0.15, 0.2) is 34.9 Å². The Labute approximate surface area is 176 Å². The van der Waals surface area contributed by atoms with Gasteiger partial charge in [0.05, 0.1) is 7.11 Å². The van der Waals surface area contributed by atoms with Crippen LogP contribution in [0.25, 0.3) is 11.3 Å². The van der Waals surface area contributed by atoms with Crippen LogP contribution >= 0.6 is 0 Å². The summed E-state index contributed by atoms with van der Waals surface area (Å²) in [6.45, 7) is 5.32. The van der Waals surface area contributed by atoms with Gasteiger partial charge in [-0.1, -0.05) is 35.5 Å². The number of aromatic nitrogens is 1. The Bertz CT molecular complexity index is 942. The number of carbonyl (C=O) groups is 2. The van der Waals surface area contributed by atoms with Gasteiger partial charge < -0.3 is 24.0 Å². The fraction of sp³-hybridized carbons (Fsp3) is 0.500. The first-order chi connectivity index (χ1) is 14.3. The maximum atomic E-state index is 12.7. The molecule has 0 radical (unpaired) electrons. The zero-order chi connectivity index (χ0) is 21.5. The maximum absolute atomic E-state index is 12.7. The molecule has 30 heavy (non-hydrogen) atoms. The highest BCUT2D eigenvalue weighted by molar-refractivity contribution is 6.00. The number of rotatable bonds is 5. The predicted molar refractivity (Wildman–Crippen MR) is 112 cm³/mol. The molecular formula is C22H28N4O4. The summed E-state index contributed by atoms with van der Waals surface area (Å²) in [5.41, 5.74) is 1.06. The fourth-order valence-corrected chi connectivity index (χ4v) is 5.00. The molecule has 1 aromatic carbocycles. The van der Waals surface area contributed by atoms with Crippen LogP contribution in [0.2, 0.25) is 0 Å². The van der Waals surface area contributed by atoms with Crippen LogP contribution in [0.5, 0.6) is 0 Å². The molecule has 0 saturated carbocycles. The number of fused-ring (bicyclic) bond motifs is 1. The van der Waals surface area contributed by atoms with E-state index in [0.29, 0.717) is 42.7 Å². The van der Waals surface area contributed by atoms with Crippen LogP contribution in [0.1, 0.15) is 17.3 Å². The quantitative estimate of drug-likeness (QED) is 0.695. The van der Waals surface area contributed by atoms with E-state index in [2.05, 4.69) is 15.0 Å². The number of likely N-dealkylation sites (tertiary alicyclic amines) is 1. The lowest BCUT2D eigenvalue weighted by molar-refractivity contribution is -0.128. The van der Waals surface area contributed by atoms with Gasteiger partial charge in [-0.05, 0) is 14.1 Å². The summed E-state index contributed by atoms with van der Waals surface area (Å²) >= 11 is 0. The molecule has 8 heteroatoms. The number of hydrogen-bond donors (Lipinski definition) is 0. The van der Waals surface area contributed by atoms with E-state index in [4.69, 9.17) is 9.26 Å². The lowest BCUT2D eigenvalue weighted by atomic mass is 9.80. The number of anilines is 1. The Morgan fingerprint density at radius 3 is 2.60 bits per heavy atom. The number of esters is 1. The summed E-state index contributed by atoms with van der Waals surface area (Å²) in [6, 6.07) is 9.45. The first-order valence-corrected chi connectivity index (χ1v) is 10.1. The third kappa shape index (κ3) is 3.45. The van der Waals surface area contributed by atoms with E-state index < -0.39 is 5.97 Å². The van der Waals surface area contributed by atoms with Crippen molar-refractivity contribution >= 4 is 17.7 Å². The number of ether oxygens (including phenoxy) is 1. The van der Waals surface area contributed by atoms with Crippen molar-refractivity contribution in [3.05, 3.63) is 35.9 Å². The van der Waals surface area contributed by atoms with Crippen LogP contribution in [0.4, 0.5) is 5.82 Å². The lowest BCUT2D eigenvalue weighted by Gasteiger charge is -2.32. The monoisotopic (exact) mass is 412 g/mol. The standard InChI is InChI=1S/C22H28N4O4/c1-15(27)25-10-17-11-26(14-22(17,13-25)12-24(2)3)20-18(21(28)29-4)19(30-23-20)16-8-6-5-7-9-16/h5-9,17H,10-14H2,1-4H3/t17-,22+/m1/s1. The van der Waals surface area contributed by atoms with E-state index >= 15 is 0 Å². The van der Waals surface area contributed by atoms with Gasteiger partial charge in [-0.3, -0.25) is 4.79 Å². The SMILES string of the molecule is COC(=O)c1c(N2C[C@H]3CN(C(C)=O)C[C@@]3(CN(C)C)C2)noc1-c1ccccc1. The van der Waals surface area contributed by atoms with Crippen molar-refractivity contribution in [3.8, 4) is 11.3 Å². The molecule has 2 atom stereocenters. The molecule has 0 bridgehead atoms. The predicted octanol–water partition coefficient (Wildman–Crippen LogP) is 1.97. The van der Waals surface area contributed by atoms with Gasteiger partial charge in [0, 0.05) is 56.5 Å². The zero-order valence-electron chi connectivity index (χ0n) is 17.9. The number of methoxy groups -OCH3 is 1. The van der Waals surface area contributed by atoms with Gasteiger partial charge >= 0.3 is 5.97 Å². The first kappa shape index (κ1) is 20.4. The number of amides is 1. The molecule has 2 saturated heterocycles. The van der Waals surface area contributed by atoms with E-state index in [1.807, 2.05) is 49.3 Å². The minimum Gasteiger partial charge on any atom is -0.465 e. The second-order valence-corrected chi connectivity index (χ2v) is 8.65. The largest absolute Gasteiger partial charge is 0.465 e. The van der Waals surface area contributed by atoms with Crippen molar-refractivity contribution < 1.29 is 18.8 Å². The van der Waals surface area contributed by atoms with Gasteiger partial charge in [0.1, 0.15) is 0 Å². The molecule has 1 amide bonds. The number of hydrogen-bond acceptors (Lipinski definition) is 7. The summed E-state index contributed by atoms with van der Waals surface area (Å²) in [5, 5.41) is 4.29. The highest BCUT2D eigenvalue weighted by atomic mass is 16.5. The zero-order valence-corrected chi connectivity index (χ0v) is 17.9. The molecule has 8 nitrogen and oxygen atoms in total. The van der Waals surface area contributed by atoms with E-state index in [9.17, 15) is 9.59 Å². The summed E-state index contributed by atoms with van der Waals surface area (Å²) in [6.07, 6.45) is 0. The summed E-state index contributed by atoms with van der Waals surface area (Å²) in [4.78, 5) is 30.9. The molecule has 160 valence electrons. The van der Waals surface area contributed by atoms with E-state index in [-0.39, 0.29) is 11.3 Å². The Kier molecular flexibility index (Phi) is 5.27. The Morgan fingerprint density at radius 2 is 1.97 bits per heavy atom. The minimum atomic E-state index is -0.464. The van der Waals surface area contributed by atoms with Crippen LogP contribution in [-0.2, 0) is 9.53 Å². The Hall–Kier alpha value is -2.87. The summed E-state index contributed by atoms with van der Waals surface area (Å²) < 4.78 is 10.7. The normalized spacial score (nSPS) is 23.2. The third-order valence-corrected chi connectivity index (χ3v) is 6.23. The minimum absolute atomic E-state index is 0.0750. The molecule has 4 rings (SSSR count). The van der Waals surface area contributed by atoms with Gasteiger partial charge in [0.2, 0.25) is 5.91 Å². The highest BCUT2D eigenvalue weighted by Gasteiger charge is 2.54. The molecule has 0 N–H and O–H groups in total. The summed E-state index contributed by atoms with van der Waals surface area (Å²) in [5.74, 6) is 0.877. The van der Waals surface area contributed by atoms with Crippen molar-refractivity contribution in [3.63, 3.8) is 0 Å².